The molecule has 2 rings (SSSR count). The van der Waals surface area contributed by atoms with Crippen LogP contribution in [0.4, 0.5) is 5.82 Å². The van der Waals surface area contributed by atoms with Gasteiger partial charge in [-0.15, -0.1) is 0 Å². The highest BCUT2D eigenvalue weighted by Crippen LogP contribution is 2.25. The molecule has 1 aliphatic heterocycles. The first-order chi connectivity index (χ1) is 10.3. The lowest BCUT2D eigenvalue weighted by Crippen LogP contribution is -2.46. The van der Waals surface area contributed by atoms with Gasteiger partial charge in [0, 0.05) is 33.0 Å². The second kappa shape index (κ2) is 6.78. The Bertz CT molecular complexity index is 604. The number of anilines is 1. The van der Waals surface area contributed by atoms with Gasteiger partial charge in [-0.1, -0.05) is 0 Å². The predicted octanol–water partition coefficient (Wildman–Crippen LogP) is 1.12. The summed E-state index contributed by atoms with van der Waals surface area (Å²) < 4.78 is 32.0. The van der Waals surface area contributed by atoms with Crippen molar-refractivity contribution in [1.82, 2.24) is 14.3 Å². The summed E-state index contributed by atoms with van der Waals surface area (Å²) in [5.41, 5.74) is 0. The molecule has 1 saturated heterocycles. The average molecular weight is 328 g/mol. The fourth-order valence-corrected chi connectivity index (χ4v) is 3.75. The van der Waals surface area contributed by atoms with Crippen LogP contribution >= 0.6 is 0 Å². The van der Waals surface area contributed by atoms with Gasteiger partial charge < -0.3 is 9.64 Å². The van der Waals surface area contributed by atoms with Crippen molar-refractivity contribution in [3.63, 3.8) is 0 Å². The number of nitrogens with zero attached hydrogens (tertiary/aromatic N) is 4. The minimum absolute atomic E-state index is 0.197. The molecule has 0 saturated carbocycles. The largest absolute Gasteiger partial charge is 0.470 e. The van der Waals surface area contributed by atoms with Gasteiger partial charge >= 0.3 is 0 Å². The van der Waals surface area contributed by atoms with Crippen molar-refractivity contribution in [2.75, 3.05) is 32.1 Å². The van der Waals surface area contributed by atoms with Gasteiger partial charge in [0.1, 0.15) is 6.10 Å². The molecule has 1 aromatic heterocycles. The molecular weight excluding hydrogens is 304 g/mol. The number of hydrogen-bond donors (Lipinski definition) is 0. The maximum Gasteiger partial charge on any atom is 0.257 e. The van der Waals surface area contributed by atoms with Crippen LogP contribution in [-0.4, -0.2) is 61.2 Å². The summed E-state index contributed by atoms with van der Waals surface area (Å²) in [6, 6.07) is 0. The topological polar surface area (TPSA) is 75.6 Å². The summed E-state index contributed by atoms with van der Waals surface area (Å²) in [7, 11) is 0.492. The van der Waals surface area contributed by atoms with Crippen LogP contribution in [0.25, 0.3) is 0 Å². The fraction of sp³-hybridized carbons (Fsp3) is 0.714. The Morgan fingerprint density at radius 1 is 1.32 bits per heavy atom. The summed E-state index contributed by atoms with van der Waals surface area (Å²) in [4.78, 5) is 10.3. The van der Waals surface area contributed by atoms with Crippen molar-refractivity contribution in [2.45, 2.75) is 38.0 Å². The highest BCUT2D eigenvalue weighted by molar-refractivity contribution is 7.89. The summed E-state index contributed by atoms with van der Waals surface area (Å²) in [6.45, 7) is 4.32. The Balaban J connectivity index is 2.12. The zero-order valence-corrected chi connectivity index (χ0v) is 14.4. The third-order valence-electron chi connectivity index (χ3n) is 3.64. The average Bonchev–Trinajstić information content (AvgIpc) is 2.47. The van der Waals surface area contributed by atoms with Crippen LogP contribution in [0.15, 0.2) is 12.4 Å². The van der Waals surface area contributed by atoms with E-state index in [9.17, 15) is 8.42 Å². The molecular formula is C14H24N4O3S. The molecule has 0 aliphatic carbocycles. The molecule has 22 heavy (non-hydrogen) atoms. The van der Waals surface area contributed by atoms with Crippen LogP contribution < -0.4 is 9.64 Å². The maximum atomic E-state index is 12.3. The molecule has 0 unspecified atom stereocenters. The molecule has 1 aliphatic rings. The molecule has 0 radical (unpaired) electrons. The van der Waals surface area contributed by atoms with E-state index >= 15 is 0 Å². The van der Waals surface area contributed by atoms with Gasteiger partial charge in [0.05, 0.1) is 11.8 Å². The second-order valence-electron chi connectivity index (χ2n) is 5.91. The van der Waals surface area contributed by atoms with Crippen molar-refractivity contribution < 1.29 is 13.2 Å². The zero-order chi connectivity index (χ0) is 16.3. The highest BCUT2D eigenvalue weighted by Gasteiger charge is 2.32. The van der Waals surface area contributed by atoms with Crippen molar-refractivity contribution in [3.05, 3.63) is 12.4 Å². The quantitative estimate of drug-likeness (QED) is 0.806. The summed E-state index contributed by atoms with van der Waals surface area (Å²) in [5.74, 6) is 1.09. The van der Waals surface area contributed by atoms with E-state index in [4.69, 9.17) is 4.74 Å². The SMILES string of the molecule is CC(C)S(=O)(=O)N1CCC[C@H](Oc2nccnc2N(C)C)C1. The first kappa shape index (κ1) is 17.0. The Labute approximate surface area is 132 Å². The van der Waals surface area contributed by atoms with E-state index in [1.165, 1.54) is 4.31 Å². The molecule has 2 heterocycles. The Morgan fingerprint density at radius 2 is 2.00 bits per heavy atom. The lowest BCUT2D eigenvalue weighted by molar-refractivity contribution is 0.124. The van der Waals surface area contributed by atoms with Gasteiger partial charge in [-0.2, -0.15) is 4.31 Å². The second-order valence-corrected chi connectivity index (χ2v) is 8.40. The van der Waals surface area contributed by atoms with Gasteiger partial charge in [-0.25, -0.2) is 18.4 Å². The fourth-order valence-electron chi connectivity index (χ4n) is 2.40. The Kier molecular flexibility index (Phi) is 5.23. The van der Waals surface area contributed by atoms with Crippen LogP contribution in [0.2, 0.25) is 0 Å². The third-order valence-corrected chi connectivity index (χ3v) is 5.89. The van der Waals surface area contributed by atoms with E-state index < -0.39 is 15.3 Å². The van der Waals surface area contributed by atoms with E-state index in [0.717, 1.165) is 12.8 Å². The summed E-state index contributed by atoms with van der Waals surface area (Å²) in [5, 5.41) is -0.417. The molecule has 1 fully saturated rings. The van der Waals surface area contributed by atoms with E-state index in [0.29, 0.717) is 24.8 Å². The number of rotatable bonds is 5. The minimum Gasteiger partial charge on any atom is -0.470 e. The molecule has 0 N–H and O–H groups in total. The number of sulfonamides is 1. The van der Waals surface area contributed by atoms with Crippen LogP contribution in [0.1, 0.15) is 26.7 Å². The van der Waals surface area contributed by atoms with Crippen LogP contribution in [0, 0.1) is 0 Å². The molecule has 8 heteroatoms. The summed E-state index contributed by atoms with van der Waals surface area (Å²) >= 11 is 0. The number of aromatic nitrogens is 2. The van der Waals surface area contributed by atoms with Gasteiger partial charge in [-0.05, 0) is 26.7 Å². The van der Waals surface area contributed by atoms with Crippen molar-refractivity contribution >= 4 is 15.8 Å². The van der Waals surface area contributed by atoms with Crippen molar-refractivity contribution in [2.24, 2.45) is 0 Å². The molecule has 1 atom stereocenters. The zero-order valence-electron chi connectivity index (χ0n) is 13.6. The van der Waals surface area contributed by atoms with E-state index in [1.807, 2.05) is 19.0 Å². The van der Waals surface area contributed by atoms with Gasteiger partial charge in [0.2, 0.25) is 10.0 Å². The highest BCUT2D eigenvalue weighted by atomic mass is 32.2. The number of ether oxygens (including phenoxy) is 1. The molecule has 7 nitrogen and oxygen atoms in total. The van der Waals surface area contributed by atoms with Gasteiger partial charge in [0.25, 0.3) is 5.88 Å². The van der Waals surface area contributed by atoms with Crippen LogP contribution in [-0.2, 0) is 10.0 Å². The Hall–Kier alpha value is -1.41. The van der Waals surface area contributed by atoms with E-state index in [1.54, 1.807) is 26.2 Å². The summed E-state index contributed by atoms with van der Waals surface area (Å²) in [6.07, 6.45) is 4.59. The number of hydrogen-bond acceptors (Lipinski definition) is 6. The lowest BCUT2D eigenvalue weighted by Gasteiger charge is -2.33. The molecule has 0 aromatic carbocycles. The normalized spacial score (nSPS) is 20.1. The first-order valence-electron chi connectivity index (χ1n) is 7.46. The number of piperidine rings is 1. The van der Waals surface area contributed by atoms with E-state index in [2.05, 4.69) is 9.97 Å². The van der Waals surface area contributed by atoms with Crippen molar-refractivity contribution in [3.8, 4) is 5.88 Å². The lowest BCUT2D eigenvalue weighted by atomic mass is 10.1. The van der Waals surface area contributed by atoms with E-state index in [-0.39, 0.29) is 6.10 Å². The van der Waals surface area contributed by atoms with Crippen LogP contribution in [0.5, 0.6) is 5.88 Å². The van der Waals surface area contributed by atoms with Crippen molar-refractivity contribution in [1.29, 1.82) is 0 Å². The molecule has 0 amide bonds. The minimum atomic E-state index is -3.24. The molecule has 0 spiro atoms. The molecule has 0 bridgehead atoms. The standard InChI is InChI=1S/C14H24N4O3S/c1-11(2)22(19,20)18-9-5-6-12(10-18)21-14-13(17(3)4)15-7-8-16-14/h7-8,11-12H,5-6,9-10H2,1-4H3/t12-/m0/s1. The maximum absolute atomic E-state index is 12.3. The first-order valence-corrected chi connectivity index (χ1v) is 8.96. The van der Waals surface area contributed by atoms with Crippen LogP contribution in [0.3, 0.4) is 0 Å². The molecule has 124 valence electrons. The van der Waals surface area contributed by atoms with Gasteiger partial charge in [0.15, 0.2) is 5.82 Å². The Morgan fingerprint density at radius 3 is 2.64 bits per heavy atom. The van der Waals surface area contributed by atoms with Gasteiger partial charge in [-0.3, -0.25) is 0 Å². The smallest absolute Gasteiger partial charge is 0.257 e. The monoisotopic (exact) mass is 328 g/mol. The molecule has 1 aromatic rings. The predicted molar refractivity (Wildman–Crippen MR) is 85.6 cm³/mol. The third kappa shape index (κ3) is 3.67.